The Bertz CT molecular complexity index is 886. The van der Waals surface area contributed by atoms with Crippen molar-refractivity contribution in [1.82, 2.24) is 5.32 Å². The molecule has 1 saturated carbocycles. The summed E-state index contributed by atoms with van der Waals surface area (Å²) >= 11 is 5.81. The van der Waals surface area contributed by atoms with Crippen molar-refractivity contribution in [3.05, 3.63) is 58.4 Å². The number of aryl methyl sites for hydroxylation is 1. The van der Waals surface area contributed by atoms with Crippen molar-refractivity contribution in [3.8, 4) is 11.1 Å². The summed E-state index contributed by atoms with van der Waals surface area (Å²) in [6.45, 7) is 5.00. The normalized spacial score (nSPS) is 28.1. The maximum atomic E-state index is 13.9. The van der Waals surface area contributed by atoms with Gasteiger partial charge >= 0.3 is 0 Å². The SMILES string of the molecule is Cc1ccc(-c2ccc(Cl)c(F)c2)cc1C1CNC2(CCC(C)CC2)C1=O. The van der Waals surface area contributed by atoms with E-state index in [0.717, 1.165) is 47.9 Å². The maximum Gasteiger partial charge on any atom is 0.161 e. The number of carbonyl (C=O) groups is 1. The molecule has 2 aromatic rings. The average Bonchev–Trinajstić information content (AvgIpc) is 2.97. The molecule has 4 rings (SSSR count). The quantitative estimate of drug-likeness (QED) is 0.722. The van der Waals surface area contributed by atoms with Crippen LogP contribution in [0.3, 0.4) is 0 Å². The fourth-order valence-electron chi connectivity index (χ4n) is 4.61. The molecule has 0 radical (unpaired) electrons. The van der Waals surface area contributed by atoms with Gasteiger partial charge in [-0.3, -0.25) is 4.79 Å². The molecule has 1 unspecified atom stereocenters. The zero-order chi connectivity index (χ0) is 19.2. The van der Waals surface area contributed by atoms with Gasteiger partial charge in [0.1, 0.15) is 5.82 Å². The monoisotopic (exact) mass is 385 g/mol. The van der Waals surface area contributed by atoms with Crippen LogP contribution in [0.4, 0.5) is 4.39 Å². The minimum Gasteiger partial charge on any atom is -0.304 e. The van der Waals surface area contributed by atoms with Gasteiger partial charge in [-0.25, -0.2) is 4.39 Å². The smallest absolute Gasteiger partial charge is 0.161 e. The highest BCUT2D eigenvalue weighted by Gasteiger charge is 2.49. The summed E-state index contributed by atoms with van der Waals surface area (Å²) in [4.78, 5) is 13.3. The Hall–Kier alpha value is -1.71. The Morgan fingerprint density at radius 2 is 1.78 bits per heavy atom. The molecule has 1 spiro atoms. The molecule has 0 bridgehead atoms. The third-order valence-corrected chi connectivity index (χ3v) is 6.77. The number of benzene rings is 2. The predicted octanol–water partition coefficient (Wildman–Crippen LogP) is 5.66. The molecule has 1 aliphatic heterocycles. The summed E-state index contributed by atoms with van der Waals surface area (Å²) in [7, 11) is 0. The first-order valence-electron chi connectivity index (χ1n) is 9.75. The lowest BCUT2D eigenvalue weighted by molar-refractivity contribution is -0.124. The summed E-state index contributed by atoms with van der Waals surface area (Å²) in [5.74, 6) is 0.478. The van der Waals surface area contributed by atoms with Crippen LogP contribution in [0, 0.1) is 18.7 Å². The van der Waals surface area contributed by atoms with Gasteiger partial charge in [-0.15, -0.1) is 0 Å². The minimum absolute atomic E-state index is 0.120. The maximum absolute atomic E-state index is 13.9. The number of ketones is 1. The highest BCUT2D eigenvalue weighted by molar-refractivity contribution is 6.30. The second-order valence-corrected chi connectivity index (χ2v) is 8.67. The Kier molecular flexibility index (Phi) is 4.85. The van der Waals surface area contributed by atoms with E-state index in [9.17, 15) is 9.18 Å². The summed E-state index contributed by atoms with van der Waals surface area (Å²) in [5.41, 5.74) is 3.51. The third kappa shape index (κ3) is 3.32. The molecule has 1 heterocycles. The van der Waals surface area contributed by atoms with Crippen LogP contribution in [0.15, 0.2) is 36.4 Å². The van der Waals surface area contributed by atoms with Crippen LogP contribution in [0.5, 0.6) is 0 Å². The van der Waals surface area contributed by atoms with E-state index < -0.39 is 5.82 Å². The lowest BCUT2D eigenvalue weighted by Crippen LogP contribution is -2.48. The molecule has 2 nitrogen and oxygen atoms in total. The number of carbonyl (C=O) groups excluding carboxylic acids is 1. The van der Waals surface area contributed by atoms with Crippen LogP contribution in [-0.4, -0.2) is 17.9 Å². The standard InChI is InChI=1S/C23H25ClFNO/c1-14-7-9-23(10-8-14)22(27)19(13-26-23)18-11-16(4-3-15(18)2)17-5-6-20(24)21(25)12-17/h3-6,11-12,14,19,26H,7-10,13H2,1-2H3. The second-order valence-electron chi connectivity index (χ2n) is 8.26. The summed E-state index contributed by atoms with van der Waals surface area (Å²) in [6, 6.07) is 10.9. The number of rotatable bonds is 2. The zero-order valence-electron chi connectivity index (χ0n) is 15.8. The second kappa shape index (κ2) is 7.03. The van der Waals surface area contributed by atoms with Crippen molar-refractivity contribution in [1.29, 1.82) is 0 Å². The zero-order valence-corrected chi connectivity index (χ0v) is 16.6. The number of halogens is 2. The Morgan fingerprint density at radius 3 is 2.48 bits per heavy atom. The molecule has 4 heteroatoms. The van der Waals surface area contributed by atoms with Crippen LogP contribution in [0.2, 0.25) is 5.02 Å². The van der Waals surface area contributed by atoms with Crippen LogP contribution in [0.1, 0.15) is 49.7 Å². The van der Waals surface area contributed by atoms with Gasteiger partial charge in [0.25, 0.3) is 0 Å². The van der Waals surface area contributed by atoms with E-state index in [1.165, 1.54) is 6.07 Å². The number of Topliss-reactive ketones (excluding diaryl/α,β-unsaturated/α-hetero) is 1. The van der Waals surface area contributed by atoms with Gasteiger partial charge in [0.2, 0.25) is 0 Å². The lowest BCUT2D eigenvalue weighted by atomic mass is 9.73. The minimum atomic E-state index is -0.426. The van der Waals surface area contributed by atoms with Crippen molar-refractivity contribution in [2.45, 2.75) is 51.0 Å². The molecule has 0 amide bonds. The molecule has 2 aromatic carbocycles. The Labute approximate surface area is 165 Å². The molecule has 2 aliphatic rings. The topological polar surface area (TPSA) is 29.1 Å². The fourth-order valence-corrected chi connectivity index (χ4v) is 4.73. The highest BCUT2D eigenvalue weighted by Crippen LogP contribution is 2.41. The lowest BCUT2D eigenvalue weighted by Gasteiger charge is -2.35. The van der Waals surface area contributed by atoms with E-state index in [2.05, 4.69) is 12.2 Å². The average molecular weight is 386 g/mol. The highest BCUT2D eigenvalue weighted by atomic mass is 35.5. The van der Waals surface area contributed by atoms with Crippen LogP contribution < -0.4 is 5.32 Å². The fraction of sp³-hybridized carbons (Fsp3) is 0.435. The third-order valence-electron chi connectivity index (χ3n) is 6.47. The first-order chi connectivity index (χ1) is 12.9. The van der Waals surface area contributed by atoms with Crippen molar-refractivity contribution < 1.29 is 9.18 Å². The summed E-state index contributed by atoms with van der Waals surface area (Å²) in [6.07, 6.45) is 4.08. The van der Waals surface area contributed by atoms with Gasteiger partial charge in [-0.2, -0.15) is 0 Å². The summed E-state index contributed by atoms with van der Waals surface area (Å²) in [5, 5.41) is 3.69. The largest absolute Gasteiger partial charge is 0.304 e. The summed E-state index contributed by atoms with van der Waals surface area (Å²) < 4.78 is 13.9. The molecule has 27 heavy (non-hydrogen) atoms. The Morgan fingerprint density at radius 1 is 1.11 bits per heavy atom. The molecule has 1 aliphatic carbocycles. The molecule has 142 valence electrons. The first kappa shape index (κ1) is 18.6. The van der Waals surface area contributed by atoms with Gasteiger partial charge < -0.3 is 5.32 Å². The number of hydrogen-bond acceptors (Lipinski definition) is 2. The van der Waals surface area contributed by atoms with Gasteiger partial charge in [0, 0.05) is 6.54 Å². The molecule has 0 aromatic heterocycles. The van der Waals surface area contributed by atoms with Gasteiger partial charge in [-0.05, 0) is 72.9 Å². The van der Waals surface area contributed by atoms with E-state index in [0.29, 0.717) is 18.2 Å². The molecule has 2 fully saturated rings. The molecule has 1 saturated heterocycles. The first-order valence-corrected chi connectivity index (χ1v) is 10.1. The van der Waals surface area contributed by atoms with E-state index in [1.807, 2.05) is 31.2 Å². The molecular formula is C23H25ClFNO. The molecular weight excluding hydrogens is 361 g/mol. The van der Waals surface area contributed by atoms with E-state index in [-0.39, 0.29) is 16.5 Å². The van der Waals surface area contributed by atoms with E-state index >= 15 is 0 Å². The molecule has 1 N–H and O–H groups in total. The van der Waals surface area contributed by atoms with Crippen molar-refractivity contribution in [2.24, 2.45) is 5.92 Å². The number of hydrogen-bond donors (Lipinski definition) is 1. The van der Waals surface area contributed by atoms with Gasteiger partial charge in [0.05, 0.1) is 16.5 Å². The van der Waals surface area contributed by atoms with Gasteiger partial charge in [0.15, 0.2) is 5.78 Å². The van der Waals surface area contributed by atoms with Crippen LogP contribution in [-0.2, 0) is 4.79 Å². The van der Waals surface area contributed by atoms with Crippen molar-refractivity contribution in [3.63, 3.8) is 0 Å². The number of nitrogens with one attached hydrogen (secondary N) is 1. The van der Waals surface area contributed by atoms with Crippen LogP contribution in [0.25, 0.3) is 11.1 Å². The van der Waals surface area contributed by atoms with Crippen molar-refractivity contribution >= 4 is 17.4 Å². The predicted molar refractivity (Wildman–Crippen MR) is 108 cm³/mol. The Balaban J connectivity index is 1.66. The van der Waals surface area contributed by atoms with Crippen LogP contribution >= 0.6 is 11.6 Å². The van der Waals surface area contributed by atoms with Gasteiger partial charge in [-0.1, -0.05) is 42.8 Å². The van der Waals surface area contributed by atoms with E-state index in [4.69, 9.17) is 11.6 Å². The van der Waals surface area contributed by atoms with Crippen molar-refractivity contribution in [2.75, 3.05) is 6.54 Å². The molecule has 1 atom stereocenters. The van der Waals surface area contributed by atoms with E-state index in [1.54, 1.807) is 6.07 Å².